The Kier molecular flexibility index (Phi) is 9.05. The van der Waals surface area contributed by atoms with Gasteiger partial charge in [-0.25, -0.2) is 8.42 Å². The molecule has 0 fully saturated rings. The number of nitrogens with one attached hydrogen (secondary N) is 1. The van der Waals surface area contributed by atoms with Crippen LogP contribution in [0.25, 0.3) is 0 Å². The van der Waals surface area contributed by atoms with E-state index in [9.17, 15) is 13.2 Å². The van der Waals surface area contributed by atoms with Crippen molar-refractivity contribution in [2.75, 3.05) is 23.1 Å². The molecule has 0 saturated heterocycles. The van der Waals surface area contributed by atoms with Crippen LogP contribution in [0, 0.1) is 20.8 Å². The van der Waals surface area contributed by atoms with Gasteiger partial charge in [0.25, 0.3) is 10.0 Å². The lowest BCUT2D eigenvalue weighted by molar-refractivity contribution is -0.119. The Hall–Kier alpha value is -2.48. The molecule has 0 aliphatic carbocycles. The van der Waals surface area contributed by atoms with Crippen molar-refractivity contribution in [3.8, 4) is 0 Å². The Morgan fingerprint density at radius 2 is 1.56 bits per heavy atom. The fourth-order valence-corrected chi connectivity index (χ4v) is 5.79. The molecule has 0 radical (unpaired) electrons. The molecule has 3 aromatic rings. The quantitative estimate of drug-likeness (QED) is 0.361. The number of carbonyl (C=O) groups is 1. The van der Waals surface area contributed by atoms with E-state index in [4.69, 9.17) is 11.6 Å². The Morgan fingerprint density at radius 3 is 2.21 bits per heavy atom. The highest BCUT2D eigenvalue weighted by Crippen LogP contribution is 2.30. The lowest BCUT2D eigenvalue weighted by Gasteiger charge is -2.26. The number of benzene rings is 3. The van der Waals surface area contributed by atoms with Gasteiger partial charge in [-0.2, -0.15) is 11.8 Å². The monoisotopic (exact) mass is 516 g/mol. The number of carbonyl (C=O) groups excluding carboxylic acids is 1. The summed E-state index contributed by atoms with van der Waals surface area (Å²) in [7, 11) is -3.97. The number of rotatable bonds is 10. The summed E-state index contributed by atoms with van der Waals surface area (Å²) in [5.74, 6) is 1.21. The van der Waals surface area contributed by atoms with Gasteiger partial charge in [0.1, 0.15) is 6.54 Å². The van der Waals surface area contributed by atoms with Gasteiger partial charge in [-0.1, -0.05) is 65.2 Å². The van der Waals surface area contributed by atoms with Crippen LogP contribution in [0.2, 0.25) is 5.02 Å². The largest absolute Gasteiger partial charge is 0.354 e. The van der Waals surface area contributed by atoms with Crippen LogP contribution < -0.4 is 9.62 Å². The first-order valence-corrected chi connectivity index (χ1v) is 13.9. The molecular formula is C26H29ClN2O3S2. The molecule has 5 nitrogen and oxygen atoms in total. The molecule has 0 heterocycles. The highest BCUT2D eigenvalue weighted by molar-refractivity contribution is 7.98. The summed E-state index contributed by atoms with van der Waals surface area (Å²) in [5.41, 5.74) is 4.39. The molecule has 0 saturated carbocycles. The Bertz CT molecular complexity index is 1230. The van der Waals surface area contributed by atoms with E-state index in [1.807, 2.05) is 6.92 Å². The molecular weight excluding hydrogens is 488 g/mol. The lowest BCUT2D eigenvalue weighted by atomic mass is 10.2. The second-order valence-electron chi connectivity index (χ2n) is 8.10. The van der Waals surface area contributed by atoms with Gasteiger partial charge in [-0.05, 0) is 56.2 Å². The summed E-state index contributed by atoms with van der Waals surface area (Å²) in [6.45, 7) is 5.80. The third-order valence-electron chi connectivity index (χ3n) is 5.36. The minimum Gasteiger partial charge on any atom is -0.354 e. The summed E-state index contributed by atoms with van der Waals surface area (Å²) < 4.78 is 28.1. The minimum atomic E-state index is -3.97. The van der Waals surface area contributed by atoms with Gasteiger partial charge >= 0.3 is 0 Å². The number of thioether (sulfide) groups is 1. The number of amides is 1. The Morgan fingerprint density at radius 1 is 0.941 bits per heavy atom. The molecule has 34 heavy (non-hydrogen) atoms. The van der Waals surface area contributed by atoms with Crippen LogP contribution in [0.5, 0.6) is 0 Å². The average Bonchev–Trinajstić information content (AvgIpc) is 2.81. The molecule has 0 aliphatic rings. The van der Waals surface area contributed by atoms with E-state index in [1.54, 1.807) is 61.2 Å². The molecule has 8 heteroatoms. The van der Waals surface area contributed by atoms with E-state index >= 15 is 0 Å². The highest BCUT2D eigenvalue weighted by Gasteiger charge is 2.28. The fraction of sp³-hybridized carbons (Fsp3) is 0.269. The number of nitrogens with zero attached hydrogens (tertiary/aromatic N) is 1. The van der Waals surface area contributed by atoms with E-state index in [-0.39, 0.29) is 17.3 Å². The first-order valence-electron chi connectivity index (χ1n) is 10.9. The van der Waals surface area contributed by atoms with Gasteiger partial charge in [-0.3, -0.25) is 9.10 Å². The predicted molar refractivity (Wildman–Crippen MR) is 142 cm³/mol. The van der Waals surface area contributed by atoms with E-state index < -0.39 is 10.0 Å². The summed E-state index contributed by atoms with van der Waals surface area (Å²) >= 11 is 7.98. The third kappa shape index (κ3) is 6.78. The van der Waals surface area contributed by atoms with Crippen LogP contribution in [0.1, 0.15) is 22.3 Å². The van der Waals surface area contributed by atoms with E-state index in [0.29, 0.717) is 22.8 Å². The van der Waals surface area contributed by atoms with Gasteiger partial charge in [0.05, 0.1) is 10.6 Å². The van der Waals surface area contributed by atoms with E-state index in [0.717, 1.165) is 21.4 Å². The zero-order valence-corrected chi connectivity index (χ0v) is 21.9. The van der Waals surface area contributed by atoms with Gasteiger partial charge in [0.2, 0.25) is 5.91 Å². The van der Waals surface area contributed by atoms with Gasteiger partial charge in [0, 0.05) is 23.1 Å². The van der Waals surface area contributed by atoms with Crippen LogP contribution >= 0.6 is 23.4 Å². The fourth-order valence-electron chi connectivity index (χ4n) is 3.33. The van der Waals surface area contributed by atoms with Crippen molar-refractivity contribution >= 4 is 45.0 Å². The van der Waals surface area contributed by atoms with Gasteiger partial charge in [-0.15, -0.1) is 0 Å². The smallest absolute Gasteiger partial charge is 0.264 e. The normalized spacial score (nSPS) is 11.3. The maximum Gasteiger partial charge on any atom is 0.264 e. The van der Waals surface area contributed by atoms with Crippen molar-refractivity contribution < 1.29 is 13.2 Å². The van der Waals surface area contributed by atoms with Crippen LogP contribution in [-0.2, 0) is 20.6 Å². The van der Waals surface area contributed by atoms with Crippen molar-refractivity contribution in [1.82, 2.24) is 5.32 Å². The van der Waals surface area contributed by atoms with E-state index in [2.05, 4.69) is 36.5 Å². The topological polar surface area (TPSA) is 66.5 Å². The van der Waals surface area contributed by atoms with Gasteiger partial charge < -0.3 is 5.32 Å². The van der Waals surface area contributed by atoms with E-state index in [1.165, 1.54) is 11.1 Å². The molecule has 180 valence electrons. The summed E-state index contributed by atoms with van der Waals surface area (Å²) in [6, 6.07) is 20.0. The molecule has 3 rings (SSSR count). The number of halogens is 1. The molecule has 0 atom stereocenters. The maximum atomic E-state index is 13.5. The Balaban J connectivity index is 1.68. The summed E-state index contributed by atoms with van der Waals surface area (Å²) in [4.78, 5) is 12.9. The predicted octanol–water partition coefficient (Wildman–Crippen LogP) is 5.51. The summed E-state index contributed by atoms with van der Waals surface area (Å²) in [6.07, 6.45) is 0. The maximum absolute atomic E-state index is 13.5. The Labute approximate surface area is 211 Å². The van der Waals surface area contributed by atoms with Crippen LogP contribution in [-0.4, -0.2) is 33.2 Å². The molecule has 1 N–H and O–H groups in total. The number of anilines is 1. The second kappa shape index (κ2) is 11.8. The highest BCUT2D eigenvalue weighted by atomic mass is 35.5. The molecule has 0 aliphatic heterocycles. The molecule has 3 aromatic carbocycles. The third-order valence-corrected chi connectivity index (χ3v) is 8.58. The molecule has 1 amide bonds. The second-order valence-corrected chi connectivity index (χ2v) is 11.5. The first kappa shape index (κ1) is 26.1. The van der Waals surface area contributed by atoms with Crippen molar-refractivity contribution in [3.05, 3.63) is 94.0 Å². The van der Waals surface area contributed by atoms with Crippen LogP contribution in [0.3, 0.4) is 0 Å². The van der Waals surface area contributed by atoms with Crippen molar-refractivity contribution in [2.45, 2.75) is 31.4 Å². The average molecular weight is 517 g/mol. The zero-order valence-electron chi connectivity index (χ0n) is 19.5. The molecule has 0 bridgehead atoms. The number of sulfonamides is 1. The molecule has 0 aromatic heterocycles. The standard InChI is InChI=1S/C26H29ClN2O3S2/c1-19-7-11-22(12-8-19)18-33-16-15-28-26(30)17-29(25-6-4-5-24(27)21(25)3)34(31,32)23-13-9-20(2)10-14-23/h4-14H,15-18H2,1-3H3,(H,28,30). The minimum absolute atomic E-state index is 0.124. The van der Waals surface area contributed by atoms with Crippen LogP contribution in [0.4, 0.5) is 5.69 Å². The number of hydrogen-bond donors (Lipinski definition) is 1. The molecule has 0 spiro atoms. The van der Waals surface area contributed by atoms with Crippen molar-refractivity contribution in [3.63, 3.8) is 0 Å². The first-order chi connectivity index (χ1) is 16.2. The number of hydrogen-bond acceptors (Lipinski definition) is 4. The SMILES string of the molecule is Cc1ccc(CSCCNC(=O)CN(c2cccc(Cl)c2C)S(=O)(=O)c2ccc(C)cc2)cc1. The van der Waals surface area contributed by atoms with Gasteiger partial charge in [0.15, 0.2) is 0 Å². The van der Waals surface area contributed by atoms with Crippen molar-refractivity contribution in [1.29, 1.82) is 0 Å². The zero-order chi connectivity index (χ0) is 24.7. The molecule has 0 unspecified atom stereocenters. The van der Waals surface area contributed by atoms with Crippen molar-refractivity contribution in [2.24, 2.45) is 0 Å². The number of aryl methyl sites for hydroxylation is 2. The summed E-state index contributed by atoms with van der Waals surface area (Å²) in [5, 5.41) is 3.29. The van der Waals surface area contributed by atoms with Crippen LogP contribution in [0.15, 0.2) is 71.6 Å². The lowest BCUT2D eigenvalue weighted by Crippen LogP contribution is -2.41.